The zero-order valence-corrected chi connectivity index (χ0v) is 15.2. The quantitative estimate of drug-likeness (QED) is 0.522. The number of nitro benzene ring substituents is 2. The lowest BCUT2D eigenvalue weighted by atomic mass is 10.2. The van der Waals surface area contributed by atoms with E-state index in [1.54, 1.807) is 0 Å². The normalized spacial score (nSPS) is 15.1. The van der Waals surface area contributed by atoms with Crippen molar-refractivity contribution in [1.82, 2.24) is 4.31 Å². The van der Waals surface area contributed by atoms with Crippen LogP contribution in [-0.2, 0) is 14.8 Å². The van der Waals surface area contributed by atoms with Crippen LogP contribution in [0.15, 0.2) is 47.4 Å². The number of rotatable bonds is 6. The first-order chi connectivity index (χ1) is 13.3. The molecule has 2 aromatic carbocycles. The van der Waals surface area contributed by atoms with Crippen molar-refractivity contribution in [2.45, 2.75) is 4.90 Å². The van der Waals surface area contributed by atoms with Crippen molar-refractivity contribution in [3.05, 3.63) is 62.7 Å². The molecule has 1 heterocycles. The Kier molecular flexibility index (Phi) is 5.53. The molecule has 0 spiro atoms. The third-order valence-corrected chi connectivity index (χ3v) is 5.91. The van der Waals surface area contributed by atoms with Gasteiger partial charge in [-0.15, -0.1) is 0 Å². The van der Waals surface area contributed by atoms with Crippen LogP contribution in [0, 0.1) is 20.2 Å². The highest BCUT2D eigenvalue weighted by atomic mass is 32.2. The van der Waals surface area contributed by atoms with Crippen LogP contribution in [0.4, 0.5) is 11.4 Å². The first kappa shape index (κ1) is 19.7. The number of hydrogen-bond donors (Lipinski definition) is 0. The number of nitro groups is 2. The summed E-state index contributed by atoms with van der Waals surface area (Å²) in [5.74, 6) is -0.500. The van der Waals surface area contributed by atoms with Crippen molar-refractivity contribution in [2.24, 2.45) is 0 Å². The monoisotopic (exact) mass is 409 g/mol. The smallest absolute Gasteiger partial charge is 0.312 e. The van der Waals surface area contributed by atoms with E-state index >= 15 is 0 Å². The van der Waals surface area contributed by atoms with E-state index in [1.165, 1.54) is 34.6 Å². The molecule has 0 aliphatic carbocycles. The summed E-state index contributed by atoms with van der Waals surface area (Å²) in [6.07, 6.45) is 0. The van der Waals surface area contributed by atoms with E-state index in [-0.39, 0.29) is 48.4 Å². The van der Waals surface area contributed by atoms with E-state index in [9.17, 15) is 28.6 Å². The van der Waals surface area contributed by atoms with Gasteiger partial charge >= 0.3 is 11.4 Å². The second kappa shape index (κ2) is 7.88. The van der Waals surface area contributed by atoms with Crippen LogP contribution < -0.4 is 4.74 Å². The van der Waals surface area contributed by atoms with Gasteiger partial charge in [-0.05, 0) is 18.2 Å². The molecule has 1 aliphatic rings. The molecule has 12 heteroatoms. The molecule has 0 atom stereocenters. The Labute approximate surface area is 159 Å². The fourth-order valence-electron chi connectivity index (χ4n) is 2.64. The lowest BCUT2D eigenvalue weighted by Gasteiger charge is -2.26. The average Bonchev–Trinajstić information content (AvgIpc) is 2.69. The lowest BCUT2D eigenvalue weighted by Crippen LogP contribution is -2.40. The Morgan fingerprint density at radius 1 is 0.929 bits per heavy atom. The van der Waals surface area contributed by atoms with E-state index in [0.29, 0.717) is 0 Å². The van der Waals surface area contributed by atoms with Crippen molar-refractivity contribution in [3.63, 3.8) is 0 Å². The van der Waals surface area contributed by atoms with Gasteiger partial charge < -0.3 is 9.47 Å². The number of ether oxygens (including phenoxy) is 2. The van der Waals surface area contributed by atoms with Crippen molar-refractivity contribution >= 4 is 21.4 Å². The highest BCUT2D eigenvalue weighted by Gasteiger charge is 2.30. The fraction of sp³-hybridized carbons (Fsp3) is 0.250. The minimum absolute atomic E-state index is 0.143. The number of para-hydroxylation sites is 2. The lowest BCUT2D eigenvalue weighted by molar-refractivity contribution is -0.387. The third kappa shape index (κ3) is 3.93. The Hall–Kier alpha value is -3.09. The molecule has 0 saturated carbocycles. The molecule has 0 radical (unpaired) electrons. The summed E-state index contributed by atoms with van der Waals surface area (Å²) in [6.45, 7) is 0.759. The van der Waals surface area contributed by atoms with Gasteiger partial charge in [-0.2, -0.15) is 4.31 Å². The second-order valence-corrected chi connectivity index (χ2v) is 7.67. The highest BCUT2D eigenvalue weighted by Crippen LogP contribution is 2.37. The maximum Gasteiger partial charge on any atom is 0.312 e. The molecule has 148 valence electrons. The van der Waals surface area contributed by atoms with Gasteiger partial charge in [-0.1, -0.05) is 12.1 Å². The van der Waals surface area contributed by atoms with Gasteiger partial charge in [0.15, 0.2) is 0 Å². The summed E-state index contributed by atoms with van der Waals surface area (Å²) in [5, 5.41) is 22.5. The van der Waals surface area contributed by atoms with Crippen LogP contribution in [0.1, 0.15) is 0 Å². The largest absolute Gasteiger partial charge is 0.443 e. The summed E-state index contributed by atoms with van der Waals surface area (Å²) in [4.78, 5) is 20.8. The van der Waals surface area contributed by atoms with Gasteiger partial charge in [-0.3, -0.25) is 20.2 Å². The van der Waals surface area contributed by atoms with Crippen molar-refractivity contribution in [3.8, 4) is 11.5 Å². The molecule has 1 fully saturated rings. The molecule has 0 unspecified atom stereocenters. The molecule has 3 rings (SSSR count). The van der Waals surface area contributed by atoms with Crippen LogP contribution in [-0.4, -0.2) is 48.9 Å². The van der Waals surface area contributed by atoms with E-state index in [2.05, 4.69) is 0 Å². The summed E-state index contributed by atoms with van der Waals surface area (Å²) in [5.41, 5.74) is -0.991. The zero-order valence-electron chi connectivity index (χ0n) is 14.4. The van der Waals surface area contributed by atoms with Gasteiger partial charge in [0.1, 0.15) is 0 Å². The van der Waals surface area contributed by atoms with Gasteiger partial charge in [0, 0.05) is 25.2 Å². The second-order valence-electron chi connectivity index (χ2n) is 5.73. The number of nitrogens with zero attached hydrogens (tertiary/aromatic N) is 3. The zero-order chi connectivity index (χ0) is 20.3. The van der Waals surface area contributed by atoms with Gasteiger partial charge in [-0.25, -0.2) is 8.42 Å². The summed E-state index contributed by atoms with van der Waals surface area (Å²) >= 11 is 0. The minimum Gasteiger partial charge on any atom is -0.443 e. The molecule has 2 aromatic rings. The van der Waals surface area contributed by atoms with E-state index in [4.69, 9.17) is 9.47 Å². The van der Waals surface area contributed by atoms with Crippen LogP contribution in [0.2, 0.25) is 0 Å². The third-order valence-electron chi connectivity index (χ3n) is 4.02. The average molecular weight is 409 g/mol. The van der Waals surface area contributed by atoms with Crippen molar-refractivity contribution < 1.29 is 27.7 Å². The molecular formula is C16H15N3O8S. The van der Waals surface area contributed by atoms with Gasteiger partial charge in [0.25, 0.3) is 0 Å². The molecule has 0 amide bonds. The topological polar surface area (TPSA) is 142 Å². The molecular weight excluding hydrogens is 394 g/mol. The minimum atomic E-state index is -3.94. The van der Waals surface area contributed by atoms with Crippen LogP contribution in [0.3, 0.4) is 0 Å². The van der Waals surface area contributed by atoms with Gasteiger partial charge in [0.05, 0.1) is 28.0 Å². The van der Waals surface area contributed by atoms with Crippen LogP contribution in [0.5, 0.6) is 11.5 Å². The summed E-state index contributed by atoms with van der Waals surface area (Å²) < 4.78 is 37.0. The van der Waals surface area contributed by atoms with Crippen LogP contribution >= 0.6 is 0 Å². The number of benzene rings is 2. The predicted octanol–water partition coefficient (Wildman–Crippen LogP) is 2.32. The van der Waals surface area contributed by atoms with Crippen molar-refractivity contribution in [2.75, 3.05) is 26.3 Å². The van der Waals surface area contributed by atoms with E-state index in [1.807, 2.05) is 0 Å². The van der Waals surface area contributed by atoms with Crippen LogP contribution in [0.25, 0.3) is 0 Å². The maximum absolute atomic E-state index is 12.7. The number of sulfonamides is 1. The molecule has 1 saturated heterocycles. The maximum atomic E-state index is 12.7. The molecule has 0 bridgehead atoms. The Bertz CT molecular complexity index is 1020. The highest BCUT2D eigenvalue weighted by molar-refractivity contribution is 7.89. The first-order valence-corrected chi connectivity index (χ1v) is 9.52. The number of morpholine rings is 1. The van der Waals surface area contributed by atoms with E-state index in [0.717, 1.165) is 12.1 Å². The molecule has 1 aliphatic heterocycles. The molecule has 11 nitrogen and oxygen atoms in total. The van der Waals surface area contributed by atoms with Gasteiger partial charge in [0.2, 0.25) is 21.5 Å². The summed E-state index contributed by atoms with van der Waals surface area (Å²) in [6, 6.07) is 8.56. The molecule has 0 N–H and O–H groups in total. The predicted molar refractivity (Wildman–Crippen MR) is 95.8 cm³/mol. The number of hydrogen-bond acceptors (Lipinski definition) is 8. The van der Waals surface area contributed by atoms with E-state index < -0.39 is 25.6 Å². The Morgan fingerprint density at radius 2 is 1.54 bits per heavy atom. The SMILES string of the molecule is O=[N+]([O-])c1ccccc1Oc1ccc(S(=O)(=O)N2CCOCC2)cc1[N+](=O)[O-]. The molecule has 0 aromatic heterocycles. The molecule has 28 heavy (non-hydrogen) atoms. The Balaban J connectivity index is 1.99. The van der Waals surface area contributed by atoms with Crippen molar-refractivity contribution in [1.29, 1.82) is 0 Å². The Morgan fingerprint density at radius 3 is 2.18 bits per heavy atom. The fourth-order valence-corrected chi connectivity index (χ4v) is 4.06. The summed E-state index contributed by atoms with van der Waals surface area (Å²) in [7, 11) is -3.94. The first-order valence-electron chi connectivity index (χ1n) is 8.08. The standard InChI is InChI=1S/C16H15N3O8S/c20-18(21)13-3-1-2-4-15(13)27-16-6-5-12(11-14(16)19(22)23)28(24,25)17-7-9-26-10-8-17/h1-6,11H,7-10H2.